The Morgan fingerprint density at radius 3 is 2.52 bits per heavy atom. The lowest BCUT2D eigenvalue weighted by atomic mass is 9.85. The maximum absolute atomic E-state index is 14.9. The number of nitrogens with zero attached hydrogens (tertiary/aromatic N) is 2. The number of hydrogen-bond acceptors (Lipinski definition) is 5. The largest absolute Gasteiger partial charge is 0.445 e. The maximum atomic E-state index is 14.9. The van der Waals surface area contributed by atoms with Gasteiger partial charge in [0.1, 0.15) is 24.1 Å². The van der Waals surface area contributed by atoms with Crippen molar-refractivity contribution in [1.82, 2.24) is 15.1 Å². The molecule has 4 aliphatic rings. The predicted octanol–water partition coefficient (Wildman–Crippen LogP) is 4.84. The van der Waals surface area contributed by atoms with Gasteiger partial charge in [-0.3, -0.25) is 9.59 Å². The van der Waals surface area contributed by atoms with E-state index in [0.29, 0.717) is 23.1 Å². The number of amides is 3. The summed E-state index contributed by atoms with van der Waals surface area (Å²) in [5.74, 6) is -0.367. The molecule has 3 aromatic rings. The fourth-order valence-electron chi connectivity index (χ4n) is 6.79. The number of nitrogens with one attached hydrogen (secondary N) is 1. The lowest BCUT2D eigenvalue weighted by Gasteiger charge is -2.46. The molecule has 228 valence electrons. The Morgan fingerprint density at radius 2 is 1.80 bits per heavy atom. The number of rotatable bonds is 8. The molecule has 0 aromatic heterocycles. The van der Waals surface area contributed by atoms with Gasteiger partial charge in [-0.05, 0) is 79.3 Å². The molecule has 9 heteroatoms. The number of β-amino-alcohol motifs (C(OH)–C–C–N with tert-alkyl or cyclic N) is 1. The number of aryl methyl sites for hydroxylation is 1. The van der Waals surface area contributed by atoms with E-state index in [-0.39, 0.29) is 55.2 Å². The van der Waals surface area contributed by atoms with E-state index in [4.69, 9.17) is 4.74 Å². The van der Waals surface area contributed by atoms with Crippen LogP contribution in [0.25, 0.3) is 0 Å². The molecule has 8 nitrogen and oxygen atoms in total. The molecule has 4 fully saturated rings. The zero-order valence-corrected chi connectivity index (χ0v) is 24.6. The topological polar surface area (TPSA) is 99.2 Å². The summed E-state index contributed by atoms with van der Waals surface area (Å²) >= 11 is 0. The Labute approximate surface area is 255 Å². The zero-order valence-electron chi connectivity index (χ0n) is 24.6. The molecule has 44 heavy (non-hydrogen) atoms. The highest BCUT2D eigenvalue weighted by molar-refractivity contribution is 5.99. The van der Waals surface area contributed by atoms with E-state index in [2.05, 4.69) is 5.32 Å². The van der Waals surface area contributed by atoms with Crippen molar-refractivity contribution >= 4 is 17.9 Å². The van der Waals surface area contributed by atoms with E-state index in [0.717, 1.165) is 30.4 Å². The number of likely N-dealkylation sites (tertiary alicyclic amines) is 2. The third kappa shape index (κ3) is 5.45. The smallest absolute Gasteiger partial charge is 0.410 e. The maximum Gasteiger partial charge on any atom is 0.410 e. The summed E-state index contributed by atoms with van der Waals surface area (Å²) in [5.41, 5.74) is 1.80. The molecular weight excluding hydrogens is 561 g/mol. The van der Waals surface area contributed by atoms with E-state index in [1.165, 1.54) is 11.0 Å². The van der Waals surface area contributed by atoms with Crippen molar-refractivity contribution in [3.8, 4) is 0 Å². The van der Waals surface area contributed by atoms with Gasteiger partial charge in [0.05, 0.1) is 19.1 Å². The van der Waals surface area contributed by atoms with Gasteiger partial charge in [-0.15, -0.1) is 0 Å². The van der Waals surface area contributed by atoms with Crippen LogP contribution in [0.1, 0.15) is 64.3 Å². The molecule has 0 spiro atoms. The summed E-state index contributed by atoms with van der Waals surface area (Å²) in [7, 11) is 0. The van der Waals surface area contributed by atoms with E-state index < -0.39 is 23.8 Å². The number of hydrogen-bond donors (Lipinski definition) is 2. The van der Waals surface area contributed by atoms with Gasteiger partial charge in [-0.2, -0.15) is 0 Å². The second-order valence-corrected chi connectivity index (χ2v) is 12.9. The first-order valence-corrected chi connectivity index (χ1v) is 15.4. The summed E-state index contributed by atoms with van der Waals surface area (Å²) in [6.07, 6.45) is 2.78. The highest BCUT2D eigenvalue weighted by atomic mass is 19.1. The Bertz CT molecular complexity index is 1600. The first-order chi connectivity index (χ1) is 21.2. The van der Waals surface area contributed by atoms with Crippen molar-refractivity contribution < 1.29 is 28.6 Å². The van der Waals surface area contributed by atoms with Gasteiger partial charge in [0.2, 0.25) is 5.91 Å². The summed E-state index contributed by atoms with van der Waals surface area (Å²) in [4.78, 5) is 43.2. The van der Waals surface area contributed by atoms with E-state index in [9.17, 15) is 23.9 Å². The number of halogens is 1. The van der Waals surface area contributed by atoms with Crippen molar-refractivity contribution in [2.45, 2.75) is 62.9 Å². The second-order valence-electron chi connectivity index (χ2n) is 12.9. The van der Waals surface area contributed by atoms with Gasteiger partial charge in [0.15, 0.2) is 0 Å². The minimum atomic E-state index is -1.30. The molecule has 2 saturated carbocycles. The Balaban J connectivity index is 1.02. The highest BCUT2D eigenvalue weighted by Crippen LogP contribution is 2.49. The Hall–Kier alpha value is -4.24. The molecule has 2 aliphatic carbocycles. The quantitative estimate of drug-likeness (QED) is 0.387. The first-order valence-electron chi connectivity index (χ1n) is 15.4. The van der Waals surface area contributed by atoms with Crippen LogP contribution in [0.3, 0.4) is 0 Å². The van der Waals surface area contributed by atoms with Gasteiger partial charge in [0.25, 0.3) is 5.91 Å². The van der Waals surface area contributed by atoms with Crippen LogP contribution in [0.2, 0.25) is 0 Å². The third-order valence-electron chi connectivity index (χ3n) is 9.54. The Kier molecular flexibility index (Phi) is 7.16. The summed E-state index contributed by atoms with van der Waals surface area (Å²) in [6, 6.07) is 20.2. The average Bonchev–Trinajstić information content (AvgIpc) is 3.95. The molecule has 0 radical (unpaired) electrons. The zero-order chi connectivity index (χ0) is 30.6. The van der Waals surface area contributed by atoms with Crippen LogP contribution in [0.5, 0.6) is 0 Å². The number of aliphatic hydroxyl groups is 1. The van der Waals surface area contributed by atoms with Gasteiger partial charge in [0, 0.05) is 17.2 Å². The minimum absolute atomic E-state index is 0.000872. The van der Waals surface area contributed by atoms with Crippen molar-refractivity contribution in [3.63, 3.8) is 0 Å². The minimum Gasteiger partial charge on any atom is -0.445 e. The monoisotopic (exact) mass is 597 g/mol. The van der Waals surface area contributed by atoms with E-state index in [1.807, 2.05) is 43.3 Å². The van der Waals surface area contributed by atoms with Crippen molar-refractivity contribution in [2.24, 2.45) is 11.8 Å². The average molecular weight is 598 g/mol. The molecule has 3 amide bonds. The molecule has 2 heterocycles. The molecular formula is C35H36FN3O5. The van der Waals surface area contributed by atoms with Crippen LogP contribution in [0, 0.1) is 24.6 Å². The van der Waals surface area contributed by atoms with Crippen molar-refractivity contribution in [3.05, 3.63) is 106 Å². The molecule has 4 atom stereocenters. The molecule has 7 rings (SSSR count). The predicted molar refractivity (Wildman–Crippen MR) is 160 cm³/mol. The standard InChI is InChI=1S/C35H36FN3O5/c1-21-10-13-27(28(36)14-21)31(23-11-12-23)37-32(40)30-17-25-16-29(25)39(30)33(41)24-8-5-9-26(15-24)35(43)19-38(20-35)34(42)44-18-22-6-3-2-4-7-22/h2-10,13-15,23,25,29-31,43H,11-12,16-20H2,1H3,(H,37,40)/t25-,29-,30-,31-/m1/s1. The highest BCUT2D eigenvalue weighted by Gasteiger charge is 2.56. The van der Waals surface area contributed by atoms with Gasteiger partial charge >= 0.3 is 6.09 Å². The number of carbonyl (C=O) groups is 3. The van der Waals surface area contributed by atoms with Crippen LogP contribution in [-0.2, 0) is 21.7 Å². The lowest BCUT2D eigenvalue weighted by molar-refractivity contribution is -0.126. The summed E-state index contributed by atoms with van der Waals surface area (Å²) in [6.45, 7) is 2.08. The van der Waals surface area contributed by atoms with Gasteiger partial charge < -0.3 is 25.0 Å². The van der Waals surface area contributed by atoms with Crippen LogP contribution < -0.4 is 5.32 Å². The van der Waals surface area contributed by atoms with Crippen LogP contribution in [0.15, 0.2) is 72.8 Å². The van der Waals surface area contributed by atoms with E-state index in [1.54, 1.807) is 35.2 Å². The first kappa shape index (κ1) is 28.5. The van der Waals surface area contributed by atoms with Crippen molar-refractivity contribution in [1.29, 1.82) is 0 Å². The molecule has 2 N–H and O–H groups in total. The number of fused-ring (bicyclic) bond motifs is 1. The molecule has 0 bridgehead atoms. The number of carbonyl (C=O) groups excluding carboxylic acids is 3. The number of benzene rings is 3. The van der Waals surface area contributed by atoms with Crippen LogP contribution in [0.4, 0.5) is 9.18 Å². The molecule has 3 aromatic carbocycles. The third-order valence-corrected chi connectivity index (χ3v) is 9.54. The summed E-state index contributed by atoms with van der Waals surface area (Å²) < 4.78 is 20.3. The number of ether oxygens (including phenoxy) is 1. The molecule has 2 saturated heterocycles. The second kappa shape index (κ2) is 11.0. The fourth-order valence-corrected chi connectivity index (χ4v) is 6.79. The lowest BCUT2D eigenvalue weighted by Crippen LogP contribution is -2.61. The van der Waals surface area contributed by atoms with Crippen LogP contribution in [-0.4, -0.2) is 58.0 Å². The van der Waals surface area contributed by atoms with E-state index >= 15 is 0 Å². The SMILES string of the molecule is Cc1ccc([C@H](NC(=O)[C@H]2C[C@H]3C[C@H]3N2C(=O)c2cccc(C3(O)CN(C(=O)OCc4ccccc4)C3)c2)C2CC2)c(F)c1. The normalized spacial score (nSPS) is 23.8. The Morgan fingerprint density at radius 1 is 1.02 bits per heavy atom. The molecule has 0 unspecified atom stereocenters. The number of piperidine rings is 1. The van der Waals surface area contributed by atoms with Crippen LogP contribution >= 0.6 is 0 Å². The fraction of sp³-hybridized carbons (Fsp3) is 0.400. The summed E-state index contributed by atoms with van der Waals surface area (Å²) in [5, 5.41) is 14.4. The van der Waals surface area contributed by atoms with Gasteiger partial charge in [-0.1, -0.05) is 54.6 Å². The molecule has 2 aliphatic heterocycles. The van der Waals surface area contributed by atoms with Crippen molar-refractivity contribution in [2.75, 3.05) is 13.1 Å². The van der Waals surface area contributed by atoms with Gasteiger partial charge in [-0.25, -0.2) is 9.18 Å².